The minimum Gasteiger partial charge on any atom is -0.342 e. The third-order valence-electron chi connectivity index (χ3n) is 3.19. The molecular weight excluding hydrogens is 228 g/mol. The maximum absolute atomic E-state index is 11.8. The molecule has 0 saturated carbocycles. The van der Waals surface area contributed by atoms with E-state index in [2.05, 4.69) is 5.32 Å². The normalized spacial score (nSPS) is 14.6. The first-order valence-electron chi connectivity index (χ1n) is 6.30. The largest absolute Gasteiger partial charge is 0.342 e. The van der Waals surface area contributed by atoms with Crippen molar-refractivity contribution in [3.63, 3.8) is 0 Å². The summed E-state index contributed by atoms with van der Waals surface area (Å²) in [6.45, 7) is 3.50. The minimum absolute atomic E-state index is 0.0612. The molecule has 1 aromatic rings. The van der Waals surface area contributed by atoms with Gasteiger partial charge in [-0.1, -0.05) is 18.2 Å². The van der Waals surface area contributed by atoms with Crippen LogP contribution >= 0.6 is 0 Å². The van der Waals surface area contributed by atoms with E-state index < -0.39 is 0 Å². The summed E-state index contributed by atoms with van der Waals surface area (Å²) in [4.78, 5) is 25.3. The average Bonchev–Trinajstić information content (AvgIpc) is 2.85. The summed E-state index contributed by atoms with van der Waals surface area (Å²) in [6, 6.07) is 7.55. The van der Waals surface area contributed by atoms with Crippen LogP contribution in [0.4, 0.5) is 5.69 Å². The van der Waals surface area contributed by atoms with Crippen molar-refractivity contribution < 1.29 is 9.59 Å². The van der Waals surface area contributed by atoms with Gasteiger partial charge in [0.2, 0.25) is 11.8 Å². The number of rotatable bonds is 3. The number of likely N-dealkylation sites (tertiary alicyclic amines) is 1. The molecule has 0 spiro atoms. The van der Waals surface area contributed by atoms with Crippen LogP contribution in [0.2, 0.25) is 0 Å². The molecule has 2 amide bonds. The topological polar surface area (TPSA) is 49.4 Å². The fraction of sp³-hybridized carbons (Fsp3) is 0.429. The number of nitrogens with zero attached hydrogens (tertiary/aromatic N) is 1. The molecule has 18 heavy (non-hydrogen) atoms. The van der Waals surface area contributed by atoms with E-state index in [1.165, 1.54) is 0 Å². The van der Waals surface area contributed by atoms with E-state index in [4.69, 9.17) is 0 Å². The molecule has 1 saturated heterocycles. The SMILES string of the molecule is Cc1ccccc1NC(=O)CC(=O)N1CCCC1. The zero-order valence-corrected chi connectivity index (χ0v) is 10.6. The lowest BCUT2D eigenvalue weighted by Crippen LogP contribution is -2.31. The molecule has 96 valence electrons. The van der Waals surface area contributed by atoms with Crippen LogP contribution < -0.4 is 5.32 Å². The van der Waals surface area contributed by atoms with Gasteiger partial charge in [0.15, 0.2) is 0 Å². The Morgan fingerprint density at radius 2 is 1.89 bits per heavy atom. The van der Waals surface area contributed by atoms with Gasteiger partial charge >= 0.3 is 0 Å². The van der Waals surface area contributed by atoms with Crippen molar-refractivity contribution in [2.45, 2.75) is 26.2 Å². The Hall–Kier alpha value is -1.84. The molecule has 4 heteroatoms. The maximum Gasteiger partial charge on any atom is 0.233 e. The van der Waals surface area contributed by atoms with Crippen molar-refractivity contribution in [3.05, 3.63) is 29.8 Å². The van der Waals surface area contributed by atoms with Crippen molar-refractivity contribution in [1.29, 1.82) is 0 Å². The van der Waals surface area contributed by atoms with E-state index in [1.807, 2.05) is 31.2 Å². The second-order valence-electron chi connectivity index (χ2n) is 4.63. The summed E-state index contributed by atoms with van der Waals surface area (Å²) in [6.07, 6.45) is 2.03. The lowest BCUT2D eigenvalue weighted by atomic mass is 10.2. The molecule has 1 aromatic carbocycles. The van der Waals surface area contributed by atoms with Gasteiger partial charge in [-0.2, -0.15) is 0 Å². The Bertz CT molecular complexity index is 451. The summed E-state index contributed by atoms with van der Waals surface area (Å²) in [5.41, 5.74) is 1.77. The molecule has 2 rings (SSSR count). The van der Waals surface area contributed by atoms with Gasteiger partial charge in [0.1, 0.15) is 6.42 Å². The molecule has 1 fully saturated rings. The number of anilines is 1. The lowest BCUT2D eigenvalue weighted by molar-refractivity contribution is -0.133. The third-order valence-corrected chi connectivity index (χ3v) is 3.19. The zero-order valence-electron chi connectivity index (χ0n) is 10.6. The molecule has 1 aliphatic heterocycles. The van der Waals surface area contributed by atoms with Gasteiger partial charge in [0.25, 0.3) is 0 Å². The van der Waals surface area contributed by atoms with Crippen molar-refractivity contribution >= 4 is 17.5 Å². The number of aryl methyl sites for hydroxylation is 1. The highest BCUT2D eigenvalue weighted by Crippen LogP contribution is 2.14. The van der Waals surface area contributed by atoms with Crippen LogP contribution in [0.5, 0.6) is 0 Å². The molecule has 1 aliphatic rings. The smallest absolute Gasteiger partial charge is 0.233 e. The van der Waals surface area contributed by atoms with Gasteiger partial charge in [-0.3, -0.25) is 9.59 Å². The number of nitrogens with one attached hydrogen (secondary N) is 1. The number of amides is 2. The Morgan fingerprint density at radius 3 is 2.56 bits per heavy atom. The van der Waals surface area contributed by atoms with Gasteiger partial charge in [-0.25, -0.2) is 0 Å². The van der Waals surface area contributed by atoms with Crippen LogP contribution in [0.25, 0.3) is 0 Å². The average molecular weight is 246 g/mol. The Kier molecular flexibility index (Phi) is 3.97. The standard InChI is InChI=1S/C14H18N2O2/c1-11-6-2-3-7-12(11)15-13(17)10-14(18)16-8-4-5-9-16/h2-3,6-7H,4-5,8-10H2,1H3,(H,15,17). The van der Waals surface area contributed by atoms with Crippen LogP contribution in [0.3, 0.4) is 0 Å². The maximum atomic E-state index is 11.8. The first-order valence-corrected chi connectivity index (χ1v) is 6.30. The van der Waals surface area contributed by atoms with E-state index in [-0.39, 0.29) is 18.2 Å². The van der Waals surface area contributed by atoms with Crippen LogP contribution in [-0.2, 0) is 9.59 Å². The van der Waals surface area contributed by atoms with E-state index in [9.17, 15) is 9.59 Å². The molecule has 0 bridgehead atoms. The van der Waals surface area contributed by atoms with Gasteiger partial charge in [-0.15, -0.1) is 0 Å². The molecule has 0 aromatic heterocycles. The second-order valence-corrected chi connectivity index (χ2v) is 4.63. The molecule has 0 unspecified atom stereocenters. The lowest BCUT2D eigenvalue weighted by Gasteiger charge is -2.15. The fourth-order valence-corrected chi connectivity index (χ4v) is 2.12. The van der Waals surface area contributed by atoms with Gasteiger partial charge in [0, 0.05) is 18.8 Å². The molecule has 1 N–H and O–H groups in total. The van der Waals surface area contributed by atoms with Crippen molar-refractivity contribution in [2.24, 2.45) is 0 Å². The van der Waals surface area contributed by atoms with Crippen LogP contribution in [0, 0.1) is 6.92 Å². The minimum atomic E-state index is -0.235. The van der Waals surface area contributed by atoms with Crippen molar-refractivity contribution in [3.8, 4) is 0 Å². The summed E-state index contributed by atoms with van der Waals surface area (Å²) >= 11 is 0. The summed E-state index contributed by atoms with van der Waals surface area (Å²) < 4.78 is 0. The van der Waals surface area contributed by atoms with Crippen molar-refractivity contribution in [1.82, 2.24) is 4.90 Å². The fourth-order valence-electron chi connectivity index (χ4n) is 2.12. The zero-order chi connectivity index (χ0) is 13.0. The molecule has 0 aliphatic carbocycles. The second kappa shape index (κ2) is 5.67. The molecule has 4 nitrogen and oxygen atoms in total. The Morgan fingerprint density at radius 1 is 1.22 bits per heavy atom. The van der Waals surface area contributed by atoms with Gasteiger partial charge < -0.3 is 10.2 Å². The number of hydrogen-bond donors (Lipinski definition) is 1. The van der Waals surface area contributed by atoms with E-state index in [0.717, 1.165) is 37.2 Å². The number of carbonyl (C=O) groups excluding carboxylic acids is 2. The van der Waals surface area contributed by atoms with Gasteiger partial charge in [-0.05, 0) is 31.4 Å². The first-order chi connectivity index (χ1) is 8.66. The molecule has 0 radical (unpaired) electrons. The van der Waals surface area contributed by atoms with E-state index in [1.54, 1.807) is 4.90 Å². The number of carbonyl (C=O) groups is 2. The predicted molar refractivity (Wildman–Crippen MR) is 70.2 cm³/mol. The molecule has 0 atom stereocenters. The summed E-state index contributed by atoms with van der Waals surface area (Å²) in [5, 5.41) is 2.78. The number of hydrogen-bond acceptors (Lipinski definition) is 2. The van der Waals surface area contributed by atoms with Crippen molar-refractivity contribution in [2.75, 3.05) is 18.4 Å². The van der Waals surface area contributed by atoms with E-state index >= 15 is 0 Å². The summed E-state index contributed by atoms with van der Waals surface area (Å²) in [7, 11) is 0. The Balaban J connectivity index is 1.89. The van der Waals surface area contributed by atoms with Crippen LogP contribution in [-0.4, -0.2) is 29.8 Å². The highest BCUT2D eigenvalue weighted by Gasteiger charge is 2.20. The predicted octanol–water partition coefficient (Wildman–Crippen LogP) is 1.95. The monoisotopic (exact) mass is 246 g/mol. The quantitative estimate of drug-likeness (QED) is 0.829. The Labute approximate surface area is 107 Å². The summed E-state index contributed by atoms with van der Waals surface area (Å²) in [5.74, 6) is -0.306. The molecule has 1 heterocycles. The number of para-hydroxylation sites is 1. The third kappa shape index (κ3) is 3.09. The van der Waals surface area contributed by atoms with Crippen LogP contribution in [0.15, 0.2) is 24.3 Å². The first kappa shape index (κ1) is 12.6. The van der Waals surface area contributed by atoms with Crippen LogP contribution in [0.1, 0.15) is 24.8 Å². The molecular formula is C14H18N2O2. The highest BCUT2D eigenvalue weighted by atomic mass is 16.2. The highest BCUT2D eigenvalue weighted by molar-refractivity contribution is 6.03. The van der Waals surface area contributed by atoms with E-state index in [0.29, 0.717) is 0 Å². The van der Waals surface area contributed by atoms with Gasteiger partial charge in [0.05, 0.1) is 0 Å². The number of benzene rings is 1.